The van der Waals surface area contributed by atoms with Crippen molar-refractivity contribution in [3.05, 3.63) is 18.0 Å². The van der Waals surface area contributed by atoms with E-state index in [1.807, 2.05) is 13.0 Å². The zero-order valence-electron chi connectivity index (χ0n) is 9.90. The fourth-order valence-corrected chi connectivity index (χ4v) is 1.88. The van der Waals surface area contributed by atoms with Gasteiger partial charge in [0.15, 0.2) is 0 Å². The molecule has 0 spiro atoms. The molecule has 0 aromatic carbocycles. The number of piperazine rings is 1. The first-order valence-corrected chi connectivity index (χ1v) is 5.69. The Labute approximate surface area is 96.3 Å². The maximum Gasteiger partial charge on any atom is 0.222 e. The van der Waals surface area contributed by atoms with Gasteiger partial charge in [0.1, 0.15) is 0 Å². The number of aryl methyl sites for hydroxylation is 1. The molecule has 0 bridgehead atoms. The topological polar surface area (TPSA) is 53.1 Å². The van der Waals surface area contributed by atoms with Crippen molar-refractivity contribution in [3.8, 4) is 0 Å². The number of rotatable bonds is 3. The lowest BCUT2D eigenvalue weighted by Crippen LogP contribution is -2.51. The highest BCUT2D eigenvalue weighted by molar-refractivity contribution is 5.25. The van der Waals surface area contributed by atoms with Crippen LogP contribution in [0, 0.1) is 6.92 Å². The smallest absolute Gasteiger partial charge is 0.222 e. The summed E-state index contributed by atoms with van der Waals surface area (Å²) in [4.78, 5) is 10.8. The summed E-state index contributed by atoms with van der Waals surface area (Å²) in [6, 6.07) is 2.38. The first kappa shape index (κ1) is 11.3. The number of anilines is 1. The standard InChI is InChI=1S/C11H19N5/c1-9-3-4-13-11(15-9)14-7-10-8-16(2)6-5-12-10/h3-4,10,12H,5-8H2,1-2H3,(H,13,14,15). The summed E-state index contributed by atoms with van der Waals surface area (Å²) in [7, 11) is 2.15. The minimum atomic E-state index is 0.475. The molecule has 1 atom stereocenters. The molecule has 16 heavy (non-hydrogen) atoms. The van der Waals surface area contributed by atoms with Gasteiger partial charge in [0.05, 0.1) is 0 Å². The van der Waals surface area contributed by atoms with Crippen LogP contribution in [0.5, 0.6) is 0 Å². The van der Waals surface area contributed by atoms with E-state index in [2.05, 4.69) is 32.5 Å². The minimum Gasteiger partial charge on any atom is -0.353 e. The zero-order valence-corrected chi connectivity index (χ0v) is 9.90. The first-order chi connectivity index (χ1) is 7.74. The number of hydrogen-bond acceptors (Lipinski definition) is 5. The largest absolute Gasteiger partial charge is 0.353 e. The Morgan fingerprint density at radius 2 is 2.50 bits per heavy atom. The van der Waals surface area contributed by atoms with Crippen LogP contribution >= 0.6 is 0 Å². The van der Waals surface area contributed by atoms with Gasteiger partial charge in [0.2, 0.25) is 5.95 Å². The first-order valence-electron chi connectivity index (χ1n) is 5.69. The van der Waals surface area contributed by atoms with Crippen LogP contribution in [-0.2, 0) is 0 Å². The Bertz CT molecular complexity index is 341. The molecule has 0 radical (unpaired) electrons. The SMILES string of the molecule is Cc1ccnc(NCC2CN(C)CCN2)n1. The predicted octanol–water partition coefficient (Wildman–Crippen LogP) is 0.101. The maximum absolute atomic E-state index is 4.31. The second-order valence-corrected chi connectivity index (χ2v) is 4.32. The van der Waals surface area contributed by atoms with Gasteiger partial charge in [-0.15, -0.1) is 0 Å². The molecule has 0 aliphatic carbocycles. The lowest BCUT2D eigenvalue weighted by molar-refractivity contribution is 0.244. The molecule has 5 heteroatoms. The van der Waals surface area contributed by atoms with Crippen molar-refractivity contribution in [2.75, 3.05) is 38.5 Å². The average Bonchev–Trinajstić information content (AvgIpc) is 2.27. The molecule has 88 valence electrons. The van der Waals surface area contributed by atoms with E-state index in [4.69, 9.17) is 0 Å². The maximum atomic E-state index is 4.31. The van der Waals surface area contributed by atoms with Crippen LogP contribution in [0.2, 0.25) is 0 Å². The summed E-state index contributed by atoms with van der Waals surface area (Å²) in [5.74, 6) is 0.718. The molecule has 0 saturated carbocycles. The van der Waals surface area contributed by atoms with Gasteiger partial charge in [0, 0.05) is 44.1 Å². The molecule has 1 fully saturated rings. The Morgan fingerprint density at radius 3 is 3.25 bits per heavy atom. The van der Waals surface area contributed by atoms with Gasteiger partial charge in [-0.2, -0.15) is 0 Å². The summed E-state index contributed by atoms with van der Waals surface area (Å²) in [5.41, 5.74) is 0.992. The molecular weight excluding hydrogens is 202 g/mol. The third-order valence-corrected chi connectivity index (χ3v) is 2.76. The molecular formula is C11H19N5. The molecule has 1 aromatic heterocycles. The second kappa shape index (κ2) is 5.23. The van der Waals surface area contributed by atoms with Crippen molar-refractivity contribution >= 4 is 5.95 Å². The average molecular weight is 221 g/mol. The van der Waals surface area contributed by atoms with Crippen molar-refractivity contribution in [1.82, 2.24) is 20.2 Å². The molecule has 1 aromatic rings. The predicted molar refractivity (Wildman–Crippen MR) is 64.5 cm³/mol. The van der Waals surface area contributed by atoms with Crippen LogP contribution in [0.1, 0.15) is 5.69 Å². The molecule has 1 aliphatic heterocycles. The summed E-state index contributed by atoms with van der Waals surface area (Å²) >= 11 is 0. The summed E-state index contributed by atoms with van der Waals surface area (Å²) in [6.07, 6.45) is 1.78. The molecule has 0 amide bonds. The fourth-order valence-electron chi connectivity index (χ4n) is 1.88. The number of nitrogens with zero attached hydrogens (tertiary/aromatic N) is 3. The van der Waals surface area contributed by atoms with Crippen LogP contribution in [0.4, 0.5) is 5.95 Å². The molecule has 5 nitrogen and oxygen atoms in total. The van der Waals surface area contributed by atoms with Gasteiger partial charge in [-0.05, 0) is 20.0 Å². The number of likely N-dealkylation sites (N-methyl/N-ethyl adjacent to an activating group) is 1. The van der Waals surface area contributed by atoms with E-state index < -0.39 is 0 Å². The van der Waals surface area contributed by atoms with E-state index in [1.54, 1.807) is 6.20 Å². The Balaban J connectivity index is 1.82. The quantitative estimate of drug-likeness (QED) is 0.758. The van der Waals surface area contributed by atoms with Crippen LogP contribution < -0.4 is 10.6 Å². The molecule has 1 unspecified atom stereocenters. The van der Waals surface area contributed by atoms with E-state index >= 15 is 0 Å². The normalized spacial score (nSPS) is 22.0. The van der Waals surface area contributed by atoms with Crippen LogP contribution in [0.25, 0.3) is 0 Å². The van der Waals surface area contributed by atoms with Crippen LogP contribution in [0.15, 0.2) is 12.3 Å². The Hall–Kier alpha value is -1.20. The van der Waals surface area contributed by atoms with Crippen molar-refractivity contribution in [2.24, 2.45) is 0 Å². The van der Waals surface area contributed by atoms with Gasteiger partial charge in [-0.25, -0.2) is 9.97 Å². The van der Waals surface area contributed by atoms with Gasteiger partial charge >= 0.3 is 0 Å². The number of hydrogen-bond donors (Lipinski definition) is 2. The van der Waals surface area contributed by atoms with Crippen LogP contribution in [-0.4, -0.2) is 54.1 Å². The van der Waals surface area contributed by atoms with E-state index in [9.17, 15) is 0 Å². The van der Waals surface area contributed by atoms with E-state index in [-0.39, 0.29) is 0 Å². The Morgan fingerprint density at radius 1 is 1.62 bits per heavy atom. The molecule has 2 rings (SSSR count). The Kier molecular flexibility index (Phi) is 3.69. The molecule has 1 saturated heterocycles. The highest BCUT2D eigenvalue weighted by atomic mass is 15.2. The summed E-state index contributed by atoms with van der Waals surface area (Å²) in [5, 5.41) is 6.74. The minimum absolute atomic E-state index is 0.475. The van der Waals surface area contributed by atoms with Crippen molar-refractivity contribution in [2.45, 2.75) is 13.0 Å². The lowest BCUT2D eigenvalue weighted by Gasteiger charge is -2.30. The van der Waals surface area contributed by atoms with Gasteiger partial charge < -0.3 is 15.5 Å². The molecule has 1 aliphatic rings. The van der Waals surface area contributed by atoms with Crippen molar-refractivity contribution in [3.63, 3.8) is 0 Å². The number of nitrogens with one attached hydrogen (secondary N) is 2. The third kappa shape index (κ3) is 3.15. The number of aromatic nitrogens is 2. The second-order valence-electron chi connectivity index (χ2n) is 4.32. The van der Waals surface area contributed by atoms with Gasteiger partial charge in [0.25, 0.3) is 0 Å². The van der Waals surface area contributed by atoms with Crippen molar-refractivity contribution in [1.29, 1.82) is 0 Å². The van der Waals surface area contributed by atoms with Gasteiger partial charge in [-0.1, -0.05) is 0 Å². The van der Waals surface area contributed by atoms with Gasteiger partial charge in [-0.3, -0.25) is 0 Å². The highest BCUT2D eigenvalue weighted by Crippen LogP contribution is 2.01. The van der Waals surface area contributed by atoms with E-state index in [1.165, 1.54) is 0 Å². The summed E-state index contributed by atoms with van der Waals surface area (Å²) < 4.78 is 0. The molecule has 2 heterocycles. The zero-order chi connectivity index (χ0) is 11.4. The third-order valence-electron chi connectivity index (χ3n) is 2.76. The van der Waals surface area contributed by atoms with E-state index in [0.29, 0.717) is 6.04 Å². The molecule has 2 N–H and O–H groups in total. The highest BCUT2D eigenvalue weighted by Gasteiger charge is 2.15. The summed E-state index contributed by atoms with van der Waals surface area (Å²) in [6.45, 7) is 6.08. The fraction of sp³-hybridized carbons (Fsp3) is 0.636. The van der Waals surface area contributed by atoms with Crippen molar-refractivity contribution < 1.29 is 0 Å². The van der Waals surface area contributed by atoms with Crippen LogP contribution in [0.3, 0.4) is 0 Å². The monoisotopic (exact) mass is 221 g/mol. The van der Waals surface area contributed by atoms with E-state index in [0.717, 1.165) is 37.8 Å². The lowest BCUT2D eigenvalue weighted by atomic mass is 10.2.